The average molecular weight is 275 g/mol. The highest BCUT2D eigenvalue weighted by molar-refractivity contribution is 6.17. The van der Waals surface area contributed by atoms with Gasteiger partial charge in [-0.3, -0.25) is 9.59 Å². The van der Waals surface area contributed by atoms with Gasteiger partial charge < -0.3 is 9.80 Å². The standard InChI is InChI=1S/C13H23ClN2O2/c1-2-3-5-12(17)15-8-10-16(11-9-15)13(18)6-4-7-14/h2-11H2,1H3. The third-order valence-corrected chi connectivity index (χ3v) is 3.52. The summed E-state index contributed by atoms with van der Waals surface area (Å²) >= 11 is 5.57. The smallest absolute Gasteiger partial charge is 0.222 e. The van der Waals surface area contributed by atoms with E-state index < -0.39 is 0 Å². The van der Waals surface area contributed by atoms with E-state index in [0.717, 1.165) is 19.3 Å². The number of rotatable bonds is 6. The van der Waals surface area contributed by atoms with Crippen LogP contribution in [0.1, 0.15) is 39.0 Å². The monoisotopic (exact) mass is 274 g/mol. The Bertz CT molecular complexity index is 248. The second-order valence-electron chi connectivity index (χ2n) is 4.66. The summed E-state index contributed by atoms with van der Waals surface area (Å²) in [6.45, 7) is 4.77. The van der Waals surface area contributed by atoms with Crippen LogP contribution in [0, 0.1) is 0 Å². The number of nitrogens with zero attached hydrogens (tertiary/aromatic N) is 2. The molecule has 4 nitrogen and oxygen atoms in total. The Kier molecular flexibility index (Phi) is 7.09. The number of carbonyl (C=O) groups is 2. The van der Waals surface area contributed by atoms with Crippen LogP contribution in [-0.4, -0.2) is 53.7 Å². The Morgan fingerprint density at radius 3 is 1.78 bits per heavy atom. The van der Waals surface area contributed by atoms with Crippen molar-refractivity contribution in [3.63, 3.8) is 0 Å². The Hall–Kier alpha value is -0.770. The van der Waals surface area contributed by atoms with Gasteiger partial charge in [-0.25, -0.2) is 0 Å². The summed E-state index contributed by atoms with van der Waals surface area (Å²) in [6, 6.07) is 0. The number of unbranched alkanes of at least 4 members (excludes halogenated alkanes) is 1. The van der Waals surface area contributed by atoms with Gasteiger partial charge in [0.1, 0.15) is 0 Å². The van der Waals surface area contributed by atoms with Crippen LogP contribution in [0.3, 0.4) is 0 Å². The number of carbonyl (C=O) groups excluding carboxylic acids is 2. The van der Waals surface area contributed by atoms with Crippen molar-refractivity contribution in [2.24, 2.45) is 0 Å². The quantitative estimate of drug-likeness (QED) is 0.694. The highest BCUT2D eigenvalue weighted by atomic mass is 35.5. The fraction of sp³-hybridized carbons (Fsp3) is 0.846. The van der Waals surface area contributed by atoms with E-state index in [2.05, 4.69) is 6.92 Å². The maximum absolute atomic E-state index is 11.8. The van der Waals surface area contributed by atoms with Gasteiger partial charge in [0.2, 0.25) is 11.8 Å². The van der Waals surface area contributed by atoms with Gasteiger partial charge >= 0.3 is 0 Å². The molecule has 1 saturated heterocycles. The van der Waals surface area contributed by atoms with Crippen molar-refractivity contribution in [3.05, 3.63) is 0 Å². The minimum Gasteiger partial charge on any atom is -0.339 e. The molecule has 18 heavy (non-hydrogen) atoms. The van der Waals surface area contributed by atoms with Gasteiger partial charge in [-0.15, -0.1) is 11.6 Å². The molecule has 0 radical (unpaired) electrons. The summed E-state index contributed by atoms with van der Waals surface area (Å²) in [5.41, 5.74) is 0. The molecule has 0 aromatic rings. The van der Waals surface area contributed by atoms with Crippen LogP contribution >= 0.6 is 11.6 Å². The second kappa shape index (κ2) is 8.35. The first-order valence-electron chi connectivity index (χ1n) is 6.80. The van der Waals surface area contributed by atoms with E-state index in [4.69, 9.17) is 11.6 Å². The molecule has 1 aliphatic rings. The van der Waals surface area contributed by atoms with Crippen LogP contribution < -0.4 is 0 Å². The predicted octanol–water partition coefficient (Wildman–Crippen LogP) is 1.87. The van der Waals surface area contributed by atoms with Crippen molar-refractivity contribution in [2.75, 3.05) is 32.1 Å². The maximum Gasteiger partial charge on any atom is 0.222 e. The molecule has 1 rings (SSSR count). The number of alkyl halides is 1. The van der Waals surface area contributed by atoms with Gasteiger partial charge in [-0.05, 0) is 12.8 Å². The van der Waals surface area contributed by atoms with Gasteiger partial charge in [0, 0.05) is 44.9 Å². The molecule has 0 atom stereocenters. The van der Waals surface area contributed by atoms with Crippen molar-refractivity contribution in [2.45, 2.75) is 39.0 Å². The van der Waals surface area contributed by atoms with Crippen molar-refractivity contribution in [3.8, 4) is 0 Å². The molecule has 0 aromatic carbocycles. The van der Waals surface area contributed by atoms with Gasteiger partial charge in [-0.1, -0.05) is 13.3 Å². The largest absolute Gasteiger partial charge is 0.339 e. The van der Waals surface area contributed by atoms with E-state index in [1.165, 1.54) is 0 Å². The third kappa shape index (κ3) is 4.84. The van der Waals surface area contributed by atoms with E-state index >= 15 is 0 Å². The second-order valence-corrected chi connectivity index (χ2v) is 5.04. The maximum atomic E-state index is 11.8. The molecular formula is C13H23ClN2O2. The van der Waals surface area contributed by atoms with Crippen molar-refractivity contribution >= 4 is 23.4 Å². The molecule has 1 fully saturated rings. The van der Waals surface area contributed by atoms with Crippen molar-refractivity contribution in [1.82, 2.24) is 9.80 Å². The molecule has 0 bridgehead atoms. The van der Waals surface area contributed by atoms with Crippen molar-refractivity contribution < 1.29 is 9.59 Å². The lowest BCUT2D eigenvalue weighted by molar-refractivity contribution is -0.139. The number of amides is 2. The Morgan fingerprint density at radius 1 is 0.944 bits per heavy atom. The lowest BCUT2D eigenvalue weighted by Gasteiger charge is -2.35. The summed E-state index contributed by atoms with van der Waals surface area (Å²) < 4.78 is 0. The molecule has 0 unspecified atom stereocenters. The first-order valence-corrected chi connectivity index (χ1v) is 7.34. The lowest BCUT2D eigenvalue weighted by atomic mass is 10.2. The summed E-state index contributed by atoms with van der Waals surface area (Å²) in [5, 5.41) is 0. The van der Waals surface area contributed by atoms with Crippen LogP contribution in [0.25, 0.3) is 0 Å². The van der Waals surface area contributed by atoms with E-state index in [-0.39, 0.29) is 11.8 Å². The first kappa shape index (κ1) is 15.3. The molecule has 0 saturated carbocycles. The van der Waals surface area contributed by atoms with Crippen LogP contribution in [0.15, 0.2) is 0 Å². The molecule has 0 spiro atoms. The summed E-state index contributed by atoms with van der Waals surface area (Å²) in [4.78, 5) is 27.3. The normalized spacial score (nSPS) is 15.9. The molecular weight excluding hydrogens is 252 g/mol. The highest BCUT2D eigenvalue weighted by Crippen LogP contribution is 2.08. The Morgan fingerprint density at radius 2 is 1.39 bits per heavy atom. The molecule has 2 amide bonds. The summed E-state index contributed by atoms with van der Waals surface area (Å²) in [6.07, 6.45) is 3.89. The SMILES string of the molecule is CCCCC(=O)N1CCN(C(=O)CCCCl)CC1. The van der Waals surface area contributed by atoms with Gasteiger partial charge in [0.15, 0.2) is 0 Å². The molecule has 1 heterocycles. The number of hydrogen-bond acceptors (Lipinski definition) is 2. The molecule has 0 N–H and O–H groups in total. The van der Waals surface area contributed by atoms with Crippen LogP contribution in [-0.2, 0) is 9.59 Å². The van der Waals surface area contributed by atoms with Gasteiger partial charge in [-0.2, -0.15) is 0 Å². The molecule has 5 heteroatoms. The lowest BCUT2D eigenvalue weighted by Crippen LogP contribution is -2.50. The fourth-order valence-corrected chi connectivity index (χ4v) is 2.20. The Labute approximate surface area is 114 Å². The van der Waals surface area contributed by atoms with E-state index in [0.29, 0.717) is 44.9 Å². The Balaban J connectivity index is 2.27. The first-order chi connectivity index (χ1) is 8.69. The zero-order valence-electron chi connectivity index (χ0n) is 11.2. The van der Waals surface area contributed by atoms with E-state index in [1.54, 1.807) is 0 Å². The predicted molar refractivity (Wildman–Crippen MR) is 72.6 cm³/mol. The van der Waals surface area contributed by atoms with E-state index in [9.17, 15) is 9.59 Å². The van der Waals surface area contributed by atoms with Crippen LogP contribution in [0.5, 0.6) is 0 Å². The van der Waals surface area contributed by atoms with Gasteiger partial charge in [0.05, 0.1) is 0 Å². The van der Waals surface area contributed by atoms with Crippen LogP contribution in [0.2, 0.25) is 0 Å². The highest BCUT2D eigenvalue weighted by Gasteiger charge is 2.23. The van der Waals surface area contributed by atoms with E-state index in [1.807, 2.05) is 9.80 Å². The topological polar surface area (TPSA) is 40.6 Å². The third-order valence-electron chi connectivity index (χ3n) is 3.25. The summed E-state index contributed by atoms with van der Waals surface area (Å²) in [7, 11) is 0. The zero-order valence-corrected chi connectivity index (χ0v) is 11.9. The summed E-state index contributed by atoms with van der Waals surface area (Å²) in [5.74, 6) is 0.919. The molecule has 1 aliphatic heterocycles. The van der Waals surface area contributed by atoms with Gasteiger partial charge in [0.25, 0.3) is 0 Å². The molecule has 0 aromatic heterocycles. The van der Waals surface area contributed by atoms with Crippen LogP contribution in [0.4, 0.5) is 0 Å². The molecule has 0 aliphatic carbocycles. The zero-order chi connectivity index (χ0) is 13.4. The number of hydrogen-bond donors (Lipinski definition) is 0. The minimum atomic E-state index is 0.163. The minimum absolute atomic E-state index is 0.163. The number of halogens is 1. The molecule has 104 valence electrons. The average Bonchev–Trinajstić information content (AvgIpc) is 2.42. The number of piperazine rings is 1. The van der Waals surface area contributed by atoms with Crippen molar-refractivity contribution in [1.29, 1.82) is 0 Å². The fourth-order valence-electron chi connectivity index (χ4n) is 2.07.